The van der Waals surface area contributed by atoms with Gasteiger partial charge in [-0.1, -0.05) is 31.9 Å². The Balaban J connectivity index is 1.72. The molecule has 0 unspecified atom stereocenters. The first-order valence-corrected chi connectivity index (χ1v) is 16.3. The number of anilines is 1. The minimum Gasteiger partial charge on any atom is -0.497 e. The largest absolute Gasteiger partial charge is 0.497 e. The van der Waals surface area contributed by atoms with Crippen LogP contribution in [0.1, 0.15) is 51.5 Å². The lowest BCUT2D eigenvalue weighted by Gasteiger charge is -2.34. The molecule has 4 rings (SSSR count). The lowest BCUT2D eigenvalue weighted by molar-refractivity contribution is -0.140. The van der Waals surface area contributed by atoms with Gasteiger partial charge in [0, 0.05) is 12.6 Å². The molecule has 1 N–H and O–H groups in total. The average Bonchev–Trinajstić information content (AvgIpc) is 3.53. The van der Waals surface area contributed by atoms with Gasteiger partial charge in [0.05, 0.1) is 24.3 Å². The summed E-state index contributed by atoms with van der Waals surface area (Å²) >= 11 is 0. The number of nitrogens with one attached hydrogen (secondary N) is 1. The Hall–Kier alpha value is -4.12. The predicted octanol–water partition coefficient (Wildman–Crippen LogP) is 5.29. The van der Waals surface area contributed by atoms with Crippen LogP contribution in [-0.2, 0) is 26.2 Å². The van der Waals surface area contributed by atoms with Crippen LogP contribution in [0.3, 0.4) is 0 Å². The Morgan fingerprint density at radius 1 is 0.977 bits per heavy atom. The maximum absolute atomic E-state index is 14.3. The van der Waals surface area contributed by atoms with Gasteiger partial charge >= 0.3 is 0 Å². The van der Waals surface area contributed by atoms with Gasteiger partial charge in [-0.2, -0.15) is 0 Å². The van der Waals surface area contributed by atoms with E-state index >= 15 is 0 Å². The second kappa shape index (κ2) is 15.1. The number of rotatable bonds is 14. The number of benzene rings is 3. The Morgan fingerprint density at radius 3 is 2.27 bits per heavy atom. The molecule has 0 aliphatic heterocycles. The number of hydrogen-bond acceptors (Lipinski definition) is 6. The van der Waals surface area contributed by atoms with Crippen LogP contribution in [-0.4, -0.2) is 57.5 Å². The molecule has 1 aliphatic rings. The summed E-state index contributed by atoms with van der Waals surface area (Å²) < 4.78 is 53.5. The fourth-order valence-electron chi connectivity index (χ4n) is 5.39. The molecule has 11 heteroatoms. The van der Waals surface area contributed by atoms with E-state index in [9.17, 15) is 22.4 Å². The highest BCUT2D eigenvalue weighted by Crippen LogP contribution is 2.27. The summed E-state index contributed by atoms with van der Waals surface area (Å²) in [5, 5.41) is 3.10. The van der Waals surface area contributed by atoms with Gasteiger partial charge in [-0.25, -0.2) is 12.8 Å². The molecule has 9 nitrogen and oxygen atoms in total. The normalized spacial score (nSPS) is 14.1. The average molecular weight is 626 g/mol. The topological polar surface area (TPSA) is 105 Å². The van der Waals surface area contributed by atoms with E-state index in [2.05, 4.69) is 5.32 Å². The first-order valence-electron chi connectivity index (χ1n) is 14.9. The van der Waals surface area contributed by atoms with Crippen molar-refractivity contribution in [2.45, 2.75) is 69.5 Å². The van der Waals surface area contributed by atoms with E-state index in [-0.39, 0.29) is 29.1 Å². The molecule has 3 aromatic rings. The summed E-state index contributed by atoms with van der Waals surface area (Å²) in [6.45, 7) is 3.55. The Labute approximate surface area is 259 Å². The number of nitrogens with zero attached hydrogens (tertiary/aromatic N) is 2. The van der Waals surface area contributed by atoms with Gasteiger partial charge < -0.3 is 19.7 Å². The number of amides is 2. The van der Waals surface area contributed by atoms with Gasteiger partial charge in [0.25, 0.3) is 10.0 Å². The lowest BCUT2D eigenvalue weighted by Crippen LogP contribution is -2.53. The fraction of sp³-hybridized carbons (Fsp3) is 0.394. The first-order chi connectivity index (χ1) is 21.2. The molecule has 3 aromatic carbocycles. The number of sulfonamides is 1. The number of carbonyl (C=O) groups excluding carboxylic acids is 2. The predicted molar refractivity (Wildman–Crippen MR) is 167 cm³/mol. The molecular formula is C33H40FN3O6S. The van der Waals surface area contributed by atoms with Crippen molar-refractivity contribution in [1.82, 2.24) is 10.2 Å². The van der Waals surface area contributed by atoms with Crippen molar-refractivity contribution in [2.24, 2.45) is 0 Å². The van der Waals surface area contributed by atoms with Crippen molar-refractivity contribution in [3.05, 3.63) is 84.2 Å². The van der Waals surface area contributed by atoms with Crippen molar-refractivity contribution in [3.63, 3.8) is 0 Å². The third kappa shape index (κ3) is 8.07. The Bertz CT molecular complexity index is 1510. The molecule has 44 heavy (non-hydrogen) atoms. The van der Waals surface area contributed by atoms with Crippen molar-refractivity contribution >= 4 is 27.5 Å². The third-order valence-corrected chi connectivity index (χ3v) is 9.48. The second-order valence-corrected chi connectivity index (χ2v) is 12.5. The third-order valence-electron chi connectivity index (χ3n) is 7.69. The summed E-state index contributed by atoms with van der Waals surface area (Å²) in [4.78, 5) is 29.1. The summed E-state index contributed by atoms with van der Waals surface area (Å²) in [6.07, 6.45) is 4.15. The zero-order valence-corrected chi connectivity index (χ0v) is 26.2. The summed E-state index contributed by atoms with van der Waals surface area (Å²) in [6, 6.07) is 17.2. The van der Waals surface area contributed by atoms with Crippen LogP contribution >= 0.6 is 0 Å². The van der Waals surface area contributed by atoms with Crippen molar-refractivity contribution in [1.29, 1.82) is 0 Å². The highest BCUT2D eigenvalue weighted by molar-refractivity contribution is 7.92. The number of methoxy groups -OCH3 is 1. The van der Waals surface area contributed by atoms with Gasteiger partial charge in [0.15, 0.2) is 0 Å². The maximum atomic E-state index is 14.3. The number of ether oxygens (including phenoxy) is 2. The van der Waals surface area contributed by atoms with E-state index < -0.39 is 34.3 Å². The fourth-order valence-corrected chi connectivity index (χ4v) is 6.81. The summed E-state index contributed by atoms with van der Waals surface area (Å²) in [7, 11) is -2.78. The number of hydrogen-bond donors (Lipinski definition) is 1. The van der Waals surface area contributed by atoms with Crippen LogP contribution in [0.15, 0.2) is 77.7 Å². The van der Waals surface area contributed by atoms with E-state index in [1.165, 1.54) is 4.90 Å². The smallest absolute Gasteiger partial charge is 0.264 e. The second-order valence-electron chi connectivity index (χ2n) is 10.7. The number of halogens is 1. The van der Waals surface area contributed by atoms with E-state index in [0.717, 1.165) is 59.8 Å². The summed E-state index contributed by atoms with van der Waals surface area (Å²) in [5.74, 6) is -0.300. The molecule has 0 radical (unpaired) electrons. The van der Waals surface area contributed by atoms with Crippen LogP contribution in [0.2, 0.25) is 0 Å². The molecule has 1 saturated carbocycles. The molecule has 1 fully saturated rings. The van der Waals surface area contributed by atoms with Crippen molar-refractivity contribution in [2.75, 3.05) is 24.6 Å². The molecule has 236 valence electrons. The van der Waals surface area contributed by atoms with Crippen molar-refractivity contribution in [3.8, 4) is 11.5 Å². The highest BCUT2D eigenvalue weighted by Gasteiger charge is 2.34. The van der Waals surface area contributed by atoms with E-state index in [1.54, 1.807) is 49.6 Å². The molecule has 0 saturated heterocycles. The molecule has 0 spiro atoms. The SMILES string of the molecule is CCOc1ccc(N(CC(=O)N(Cc2cccc(OC)c2)[C@@H](CC)C(=O)NC2CCCC2)S(=O)(=O)c2ccc(F)cc2)cc1. The molecule has 2 amide bonds. The molecule has 1 atom stereocenters. The number of carbonyl (C=O) groups is 2. The van der Waals surface area contributed by atoms with Crippen LogP contribution < -0.4 is 19.1 Å². The van der Waals surface area contributed by atoms with Crippen LogP contribution in [0.5, 0.6) is 11.5 Å². The van der Waals surface area contributed by atoms with Crippen LogP contribution in [0, 0.1) is 5.82 Å². The van der Waals surface area contributed by atoms with Gasteiger partial charge in [0.2, 0.25) is 11.8 Å². The quantitative estimate of drug-likeness (QED) is 0.261. The summed E-state index contributed by atoms with van der Waals surface area (Å²) in [5.41, 5.74) is 0.940. The van der Waals surface area contributed by atoms with Gasteiger partial charge in [-0.05, 0) is 92.4 Å². The maximum Gasteiger partial charge on any atom is 0.264 e. The van der Waals surface area contributed by atoms with E-state index in [1.807, 2.05) is 19.9 Å². The Morgan fingerprint density at radius 2 is 1.66 bits per heavy atom. The lowest BCUT2D eigenvalue weighted by atomic mass is 10.1. The minimum absolute atomic E-state index is 0.0459. The van der Waals surface area contributed by atoms with Crippen molar-refractivity contribution < 1.29 is 31.9 Å². The Kier molecular flexibility index (Phi) is 11.2. The van der Waals surface area contributed by atoms with Gasteiger partial charge in [0.1, 0.15) is 29.9 Å². The van der Waals surface area contributed by atoms with Gasteiger partial charge in [-0.15, -0.1) is 0 Å². The standard InChI is InChI=1S/C33H40FN3O6S/c1-4-31(33(39)35-26-10-6-7-11-26)36(22-24-9-8-12-29(21-24)42-3)32(38)23-37(27-15-17-28(18-16-27)43-5-2)44(40,41)30-19-13-25(34)14-20-30/h8-9,12-21,26,31H,4-7,10-11,22-23H2,1-3H3,(H,35,39)/t31-/m0/s1. The molecule has 0 heterocycles. The van der Waals surface area contributed by atoms with E-state index in [0.29, 0.717) is 24.5 Å². The molecule has 0 bridgehead atoms. The minimum atomic E-state index is -4.32. The molecule has 0 aromatic heterocycles. The molecular weight excluding hydrogens is 585 g/mol. The van der Waals surface area contributed by atoms with E-state index in [4.69, 9.17) is 9.47 Å². The van der Waals surface area contributed by atoms with Crippen LogP contribution in [0.25, 0.3) is 0 Å². The van der Waals surface area contributed by atoms with Gasteiger partial charge in [-0.3, -0.25) is 13.9 Å². The highest BCUT2D eigenvalue weighted by atomic mass is 32.2. The zero-order chi connectivity index (χ0) is 31.7. The van der Waals surface area contributed by atoms with Crippen LogP contribution in [0.4, 0.5) is 10.1 Å². The molecule has 1 aliphatic carbocycles. The zero-order valence-electron chi connectivity index (χ0n) is 25.4. The first kappa shape index (κ1) is 32.8. The monoisotopic (exact) mass is 625 g/mol.